The fraction of sp³-hybridized carbons (Fsp3) is 0.417. The summed E-state index contributed by atoms with van der Waals surface area (Å²) in [5.41, 5.74) is 5.58. The Balaban J connectivity index is 2.17. The fourth-order valence-corrected chi connectivity index (χ4v) is 2.05. The Morgan fingerprint density at radius 2 is 2.35 bits per heavy atom. The van der Waals surface area contributed by atoms with E-state index in [4.69, 9.17) is 15.6 Å². The highest BCUT2D eigenvalue weighted by atomic mass is 16.6. The van der Waals surface area contributed by atoms with Crippen LogP contribution in [0.15, 0.2) is 18.2 Å². The van der Waals surface area contributed by atoms with E-state index in [2.05, 4.69) is 0 Å². The minimum atomic E-state index is -0.597. The molecule has 8 heteroatoms. The lowest BCUT2D eigenvalue weighted by atomic mass is 10.1. The van der Waals surface area contributed by atoms with Gasteiger partial charge in [-0.3, -0.25) is 14.9 Å². The standard InChI is InChI=1S/C12H15N3O5/c13-10-5-8(1-2-11(10)15(18)19)12(17)14-3-4-20-9(6-14)7-16/h1-2,5,9,16H,3-4,6-7,13H2. The number of aliphatic hydroxyl groups excluding tert-OH is 1. The van der Waals surface area contributed by atoms with E-state index in [1.54, 1.807) is 0 Å². The number of carbonyl (C=O) groups excluding carboxylic acids is 1. The molecule has 0 aliphatic carbocycles. The van der Waals surface area contributed by atoms with Gasteiger partial charge in [-0.25, -0.2) is 0 Å². The van der Waals surface area contributed by atoms with Gasteiger partial charge >= 0.3 is 0 Å². The van der Waals surface area contributed by atoms with E-state index in [9.17, 15) is 14.9 Å². The number of morpholine rings is 1. The van der Waals surface area contributed by atoms with Gasteiger partial charge in [-0.2, -0.15) is 0 Å². The third-order valence-electron chi connectivity index (χ3n) is 3.10. The molecular weight excluding hydrogens is 266 g/mol. The molecule has 1 aromatic rings. The van der Waals surface area contributed by atoms with Crippen molar-refractivity contribution in [1.82, 2.24) is 4.90 Å². The second-order valence-corrected chi connectivity index (χ2v) is 4.46. The van der Waals surface area contributed by atoms with E-state index in [0.717, 1.165) is 0 Å². The molecule has 1 amide bonds. The number of nitrogen functional groups attached to an aromatic ring is 1. The van der Waals surface area contributed by atoms with E-state index in [-0.39, 0.29) is 36.0 Å². The molecule has 1 fully saturated rings. The molecule has 1 unspecified atom stereocenters. The smallest absolute Gasteiger partial charge is 0.292 e. The van der Waals surface area contributed by atoms with Gasteiger partial charge in [-0.1, -0.05) is 0 Å². The van der Waals surface area contributed by atoms with Gasteiger partial charge in [-0.15, -0.1) is 0 Å². The van der Waals surface area contributed by atoms with Crippen molar-refractivity contribution in [3.63, 3.8) is 0 Å². The number of rotatable bonds is 3. The van der Waals surface area contributed by atoms with Crippen molar-refractivity contribution < 1.29 is 19.6 Å². The first-order chi connectivity index (χ1) is 9.52. The number of benzene rings is 1. The van der Waals surface area contributed by atoms with Crippen LogP contribution in [0.5, 0.6) is 0 Å². The SMILES string of the molecule is Nc1cc(C(=O)N2CCOC(CO)C2)ccc1[N+](=O)[O-]. The third-order valence-corrected chi connectivity index (χ3v) is 3.10. The molecule has 1 aromatic carbocycles. The summed E-state index contributed by atoms with van der Waals surface area (Å²) in [5.74, 6) is -0.284. The van der Waals surface area contributed by atoms with Crippen LogP contribution in [0.2, 0.25) is 0 Å². The van der Waals surface area contributed by atoms with Crippen LogP contribution in [-0.4, -0.2) is 53.2 Å². The summed E-state index contributed by atoms with van der Waals surface area (Å²) in [4.78, 5) is 23.9. The minimum absolute atomic E-state index is 0.0483. The maximum absolute atomic E-state index is 12.3. The van der Waals surface area contributed by atoms with E-state index < -0.39 is 11.0 Å². The highest BCUT2D eigenvalue weighted by Gasteiger charge is 2.25. The first-order valence-corrected chi connectivity index (χ1v) is 6.08. The molecule has 0 saturated carbocycles. The van der Waals surface area contributed by atoms with Crippen LogP contribution in [0.4, 0.5) is 11.4 Å². The van der Waals surface area contributed by atoms with Crippen LogP contribution in [-0.2, 0) is 4.74 Å². The molecule has 8 nitrogen and oxygen atoms in total. The summed E-state index contributed by atoms with van der Waals surface area (Å²) in [6, 6.07) is 3.89. The maximum Gasteiger partial charge on any atom is 0.292 e. The van der Waals surface area contributed by atoms with Crippen LogP contribution in [0.25, 0.3) is 0 Å². The highest BCUT2D eigenvalue weighted by molar-refractivity contribution is 5.95. The Morgan fingerprint density at radius 3 is 2.95 bits per heavy atom. The molecule has 2 rings (SSSR count). The lowest BCUT2D eigenvalue weighted by molar-refractivity contribution is -0.383. The van der Waals surface area contributed by atoms with Gasteiger partial charge in [0, 0.05) is 24.7 Å². The predicted molar refractivity (Wildman–Crippen MR) is 70.2 cm³/mol. The summed E-state index contributed by atoms with van der Waals surface area (Å²) >= 11 is 0. The number of nitrogens with two attached hydrogens (primary N) is 1. The molecule has 0 radical (unpaired) electrons. The quantitative estimate of drug-likeness (QED) is 0.457. The van der Waals surface area contributed by atoms with Crippen molar-refractivity contribution in [2.75, 3.05) is 32.0 Å². The summed E-state index contributed by atoms with van der Waals surface area (Å²) in [5, 5.41) is 19.7. The minimum Gasteiger partial charge on any atom is -0.394 e. The van der Waals surface area contributed by atoms with Crippen molar-refractivity contribution in [2.24, 2.45) is 0 Å². The monoisotopic (exact) mass is 281 g/mol. The Morgan fingerprint density at radius 1 is 1.60 bits per heavy atom. The lowest BCUT2D eigenvalue weighted by Gasteiger charge is -2.32. The maximum atomic E-state index is 12.3. The molecule has 20 heavy (non-hydrogen) atoms. The van der Waals surface area contributed by atoms with Crippen LogP contribution < -0.4 is 5.73 Å². The molecule has 0 spiro atoms. The Hall–Kier alpha value is -2.19. The molecule has 1 heterocycles. The van der Waals surface area contributed by atoms with Gasteiger partial charge in [0.15, 0.2) is 0 Å². The van der Waals surface area contributed by atoms with Crippen molar-refractivity contribution in [2.45, 2.75) is 6.10 Å². The first kappa shape index (κ1) is 14.2. The molecule has 1 aliphatic rings. The number of carbonyl (C=O) groups is 1. The summed E-state index contributed by atoms with van der Waals surface area (Å²) in [6.45, 7) is 0.879. The van der Waals surface area contributed by atoms with Crippen LogP contribution >= 0.6 is 0 Å². The van der Waals surface area contributed by atoms with Crippen molar-refractivity contribution in [1.29, 1.82) is 0 Å². The third kappa shape index (κ3) is 2.86. The van der Waals surface area contributed by atoms with Crippen molar-refractivity contribution >= 4 is 17.3 Å². The number of anilines is 1. The Labute approximate surface area is 114 Å². The van der Waals surface area contributed by atoms with Crippen LogP contribution in [0.1, 0.15) is 10.4 Å². The number of nitro benzene ring substituents is 1. The van der Waals surface area contributed by atoms with Gasteiger partial charge in [0.1, 0.15) is 5.69 Å². The Bertz CT molecular complexity index is 534. The average Bonchev–Trinajstić information content (AvgIpc) is 2.46. The van der Waals surface area contributed by atoms with E-state index in [1.165, 1.54) is 23.1 Å². The molecule has 1 aliphatic heterocycles. The molecule has 1 atom stereocenters. The highest BCUT2D eigenvalue weighted by Crippen LogP contribution is 2.23. The van der Waals surface area contributed by atoms with Crippen molar-refractivity contribution in [3.05, 3.63) is 33.9 Å². The second kappa shape index (κ2) is 5.85. The van der Waals surface area contributed by atoms with Gasteiger partial charge in [0.05, 0.1) is 24.2 Å². The molecule has 1 saturated heterocycles. The normalized spacial score (nSPS) is 18.9. The van der Waals surface area contributed by atoms with Crippen LogP contribution in [0, 0.1) is 10.1 Å². The van der Waals surface area contributed by atoms with Gasteiger partial charge in [0.2, 0.25) is 0 Å². The number of aliphatic hydroxyl groups is 1. The number of hydrogen-bond donors (Lipinski definition) is 2. The van der Waals surface area contributed by atoms with E-state index in [1.807, 2.05) is 0 Å². The van der Waals surface area contributed by atoms with E-state index >= 15 is 0 Å². The van der Waals surface area contributed by atoms with Crippen molar-refractivity contribution in [3.8, 4) is 0 Å². The number of nitrogens with zero attached hydrogens (tertiary/aromatic N) is 2. The predicted octanol–water partition coefficient (Wildman–Crippen LogP) is 0.0103. The number of amides is 1. The zero-order chi connectivity index (χ0) is 14.7. The summed E-state index contributed by atoms with van der Waals surface area (Å²) < 4.78 is 5.26. The topological polar surface area (TPSA) is 119 Å². The summed E-state index contributed by atoms with van der Waals surface area (Å²) in [7, 11) is 0. The second-order valence-electron chi connectivity index (χ2n) is 4.46. The zero-order valence-corrected chi connectivity index (χ0v) is 10.7. The first-order valence-electron chi connectivity index (χ1n) is 6.08. The van der Waals surface area contributed by atoms with Gasteiger partial charge in [0.25, 0.3) is 11.6 Å². The molecule has 3 N–H and O–H groups in total. The number of ether oxygens (including phenoxy) is 1. The summed E-state index contributed by atoms with van der Waals surface area (Å²) in [6.07, 6.45) is -0.400. The Kier molecular flexibility index (Phi) is 4.16. The number of hydrogen-bond acceptors (Lipinski definition) is 6. The zero-order valence-electron chi connectivity index (χ0n) is 10.7. The molecule has 0 aromatic heterocycles. The lowest BCUT2D eigenvalue weighted by Crippen LogP contribution is -2.46. The molecular formula is C12H15N3O5. The molecule has 0 bridgehead atoms. The molecule has 108 valence electrons. The fourth-order valence-electron chi connectivity index (χ4n) is 2.05. The van der Waals surface area contributed by atoms with E-state index in [0.29, 0.717) is 13.2 Å². The largest absolute Gasteiger partial charge is 0.394 e. The van der Waals surface area contributed by atoms with Gasteiger partial charge in [-0.05, 0) is 12.1 Å². The van der Waals surface area contributed by atoms with Crippen LogP contribution in [0.3, 0.4) is 0 Å². The van der Waals surface area contributed by atoms with Gasteiger partial charge < -0.3 is 20.5 Å². The average molecular weight is 281 g/mol. The number of nitro groups is 1.